The summed E-state index contributed by atoms with van der Waals surface area (Å²) in [5, 5.41) is 0.955. The second-order valence-corrected chi connectivity index (χ2v) is 9.96. The van der Waals surface area contributed by atoms with Gasteiger partial charge in [0.2, 0.25) is 0 Å². The van der Waals surface area contributed by atoms with E-state index < -0.39 is 0 Å². The first kappa shape index (κ1) is 22.7. The lowest BCUT2D eigenvalue weighted by Crippen LogP contribution is -2.44. The number of hydrogen-bond acceptors (Lipinski definition) is 5. The molecule has 0 spiro atoms. The van der Waals surface area contributed by atoms with Gasteiger partial charge in [-0.25, -0.2) is 19.3 Å². The van der Waals surface area contributed by atoms with Crippen molar-refractivity contribution in [1.29, 1.82) is 0 Å². The number of aromatic amines is 1. The van der Waals surface area contributed by atoms with Crippen molar-refractivity contribution in [2.45, 2.75) is 26.8 Å². The molecule has 0 unspecified atom stereocenters. The van der Waals surface area contributed by atoms with E-state index in [1.807, 2.05) is 37.6 Å². The Balaban J connectivity index is 1.42. The summed E-state index contributed by atoms with van der Waals surface area (Å²) in [5.74, 6) is 1.49. The summed E-state index contributed by atoms with van der Waals surface area (Å²) in [6, 6.07) is 10.1. The Labute approximate surface area is 209 Å². The lowest BCUT2D eigenvalue weighted by molar-refractivity contribution is 0.312. The van der Waals surface area contributed by atoms with Crippen LogP contribution in [0.15, 0.2) is 48.9 Å². The summed E-state index contributed by atoms with van der Waals surface area (Å²) in [4.78, 5) is 21.7. The van der Waals surface area contributed by atoms with Gasteiger partial charge in [-0.3, -0.25) is 0 Å². The van der Waals surface area contributed by atoms with E-state index >= 15 is 4.39 Å². The monoisotopic (exact) mass is 483 g/mol. The molecule has 7 nitrogen and oxygen atoms in total. The van der Waals surface area contributed by atoms with E-state index in [1.165, 1.54) is 0 Å². The number of rotatable bonds is 4. The molecule has 184 valence electrons. The third-order valence-corrected chi connectivity index (χ3v) is 7.19. The van der Waals surface area contributed by atoms with Crippen LogP contribution >= 0.6 is 0 Å². The van der Waals surface area contributed by atoms with Crippen molar-refractivity contribution in [1.82, 2.24) is 29.4 Å². The third kappa shape index (κ3) is 3.82. The standard InChI is InChI=1S/C28H30FN7/c1-17(2)36-18(3)33-27-24(29)12-20(13-25(27)36)23-16-32-28-22(23)11-21(15-31-28)19-5-6-30-26(14-19)35-9-7-34(4)8-10-35/h5-6,11-17H,7-10H2,1-4H3,(H,31,32). The molecule has 8 heteroatoms. The highest BCUT2D eigenvalue weighted by Gasteiger charge is 2.19. The summed E-state index contributed by atoms with van der Waals surface area (Å²) in [6.07, 6.45) is 5.66. The molecule has 1 aliphatic heterocycles. The van der Waals surface area contributed by atoms with E-state index in [0.29, 0.717) is 5.52 Å². The summed E-state index contributed by atoms with van der Waals surface area (Å²) in [7, 11) is 2.15. The first-order valence-corrected chi connectivity index (χ1v) is 12.4. The normalized spacial score (nSPS) is 15.0. The van der Waals surface area contributed by atoms with Gasteiger partial charge in [0, 0.05) is 67.3 Å². The van der Waals surface area contributed by atoms with Gasteiger partial charge in [-0.05, 0) is 69.3 Å². The SMILES string of the molecule is Cc1nc2c(F)cc(-c3c[nH]c4ncc(-c5ccnc(N6CCN(C)CC6)c5)cc34)cc2n1C(C)C. The Bertz CT molecular complexity index is 1570. The zero-order valence-electron chi connectivity index (χ0n) is 21.1. The van der Waals surface area contributed by atoms with Gasteiger partial charge in [0.25, 0.3) is 0 Å². The van der Waals surface area contributed by atoms with Crippen molar-refractivity contribution >= 4 is 27.9 Å². The van der Waals surface area contributed by atoms with Crippen molar-refractivity contribution in [3.63, 3.8) is 0 Å². The second-order valence-electron chi connectivity index (χ2n) is 9.96. The summed E-state index contributed by atoms with van der Waals surface area (Å²) in [6.45, 7) is 10.1. The molecule has 1 fully saturated rings. The summed E-state index contributed by atoms with van der Waals surface area (Å²) in [5.41, 5.74) is 5.79. The zero-order chi connectivity index (χ0) is 25.0. The molecule has 5 aromatic rings. The average Bonchev–Trinajstić information content (AvgIpc) is 3.45. The number of fused-ring (bicyclic) bond motifs is 2. The fraction of sp³-hybridized carbons (Fsp3) is 0.321. The number of hydrogen-bond donors (Lipinski definition) is 1. The van der Waals surface area contributed by atoms with E-state index in [-0.39, 0.29) is 11.9 Å². The molecular weight excluding hydrogens is 453 g/mol. The quantitative estimate of drug-likeness (QED) is 0.370. The van der Waals surface area contributed by atoms with E-state index in [2.05, 4.69) is 67.3 Å². The fourth-order valence-electron chi connectivity index (χ4n) is 5.28. The molecule has 0 bridgehead atoms. The van der Waals surface area contributed by atoms with Gasteiger partial charge in [-0.15, -0.1) is 0 Å². The van der Waals surface area contributed by atoms with E-state index in [9.17, 15) is 0 Å². The number of nitrogens with zero attached hydrogens (tertiary/aromatic N) is 6. The molecule has 0 amide bonds. The second kappa shape index (κ2) is 8.71. The van der Waals surface area contributed by atoms with E-state index in [4.69, 9.17) is 0 Å². The summed E-state index contributed by atoms with van der Waals surface area (Å²) < 4.78 is 17.2. The molecule has 0 aliphatic carbocycles. The van der Waals surface area contributed by atoms with Crippen molar-refractivity contribution < 1.29 is 4.39 Å². The highest BCUT2D eigenvalue weighted by atomic mass is 19.1. The maximum atomic E-state index is 15.2. The number of anilines is 1. The van der Waals surface area contributed by atoms with Crippen LogP contribution in [0.25, 0.3) is 44.3 Å². The molecule has 0 radical (unpaired) electrons. The maximum absolute atomic E-state index is 15.2. The maximum Gasteiger partial charge on any atom is 0.151 e. The number of H-pyrrole nitrogens is 1. The molecule has 36 heavy (non-hydrogen) atoms. The number of piperazine rings is 1. The Kier molecular flexibility index (Phi) is 5.48. The highest BCUT2D eigenvalue weighted by molar-refractivity contribution is 5.97. The molecule has 1 aromatic carbocycles. The topological polar surface area (TPSA) is 65.9 Å². The van der Waals surface area contributed by atoms with Gasteiger partial charge < -0.3 is 19.4 Å². The highest BCUT2D eigenvalue weighted by Crippen LogP contribution is 2.35. The van der Waals surface area contributed by atoms with Crippen LogP contribution in [-0.4, -0.2) is 62.6 Å². The number of halogens is 1. The largest absolute Gasteiger partial charge is 0.354 e. The minimum atomic E-state index is -0.311. The van der Waals surface area contributed by atoms with Crippen molar-refractivity contribution in [3.05, 3.63) is 60.6 Å². The van der Waals surface area contributed by atoms with Crippen LogP contribution < -0.4 is 4.90 Å². The number of nitrogens with one attached hydrogen (secondary N) is 1. The Hall–Kier alpha value is -3.78. The molecule has 4 aromatic heterocycles. The predicted octanol–water partition coefficient (Wildman–Crippen LogP) is 5.42. The summed E-state index contributed by atoms with van der Waals surface area (Å²) >= 11 is 0. The molecule has 6 rings (SSSR count). The molecule has 1 saturated heterocycles. The lowest BCUT2D eigenvalue weighted by Gasteiger charge is -2.33. The first-order valence-electron chi connectivity index (χ1n) is 12.4. The number of imidazole rings is 1. The molecular formula is C28H30FN7. The zero-order valence-corrected chi connectivity index (χ0v) is 21.1. The van der Waals surface area contributed by atoms with Gasteiger partial charge in [0.05, 0.1) is 5.52 Å². The van der Waals surface area contributed by atoms with Crippen molar-refractivity contribution in [2.24, 2.45) is 0 Å². The van der Waals surface area contributed by atoms with Gasteiger partial charge in [0.15, 0.2) is 5.82 Å². The van der Waals surface area contributed by atoms with Crippen LogP contribution in [0.2, 0.25) is 0 Å². The van der Waals surface area contributed by atoms with Crippen molar-refractivity contribution in [3.8, 4) is 22.3 Å². The van der Waals surface area contributed by atoms with Crippen LogP contribution in [0, 0.1) is 12.7 Å². The fourth-order valence-corrected chi connectivity index (χ4v) is 5.28. The van der Waals surface area contributed by atoms with E-state index in [0.717, 1.165) is 76.6 Å². The van der Waals surface area contributed by atoms with Crippen LogP contribution in [0.4, 0.5) is 10.2 Å². The van der Waals surface area contributed by atoms with Crippen LogP contribution in [-0.2, 0) is 0 Å². The van der Waals surface area contributed by atoms with Gasteiger partial charge in [-0.1, -0.05) is 0 Å². The van der Waals surface area contributed by atoms with Crippen LogP contribution in [0.3, 0.4) is 0 Å². The molecule has 0 saturated carbocycles. The molecule has 1 N–H and O–H groups in total. The Morgan fingerprint density at radius 3 is 2.56 bits per heavy atom. The minimum absolute atomic E-state index is 0.182. The van der Waals surface area contributed by atoms with Crippen LogP contribution in [0.1, 0.15) is 25.7 Å². The number of aromatic nitrogens is 5. The first-order chi connectivity index (χ1) is 17.4. The number of likely N-dealkylation sites (N-methyl/N-ethyl adjacent to an activating group) is 1. The molecule has 1 aliphatic rings. The van der Waals surface area contributed by atoms with Gasteiger partial charge in [0.1, 0.15) is 22.8 Å². The minimum Gasteiger partial charge on any atom is -0.354 e. The number of benzene rings is 1. The van der Waals surface area contributed by atoms with E-state index in [1.54, 1.807) is 6.07 Å². The lowest BCUT2D eigenvalue weighted by atomic mass is 10.0. The number of pyridine rings is 2. The Morgan fingerprint density at radius 1 is 0.972 bits per heavy atom. The van der Waals surface area contributed by atoms with Crippen LogP contribution in [0.5, 0.6) is 0 Å². The average molecular weight is 484 g/mol. The molecule has 0 atom stereocenters. The van der Waals surface area contributed by atoms with Gasteiger partial charge in [-0.2, -0.15) is 0 Å². The smallest absolute Gasteiger partial charge is 0.151 e. The molecule has 5 heterocycles. The van der Waals surface area contributed by atoms with Gasteiger partial charge >= 0.3 is 0 Å². The number of aryl methyl sites for hydroxylation is 1. The predicted molar refractivity (Wildman–Crippen MR) is 143 cm³/mol. The van der Waals surface area contributed by atoms with Crippen molar-refractivity contribution in [2.75, 3.05) is 38.1 Å². The Morgan fingerprint density at radius 2 is 1.78 bits per heavy atom. The third-order valence-electron chi connectivity index (χ3n) is 7.19.